The van der Waals surface area contributed by atoms with Crippen LogP contribution in [0, 0.1) is 0 Å². The Kier molecular flexibility index (Phi) is 6.12. The monoisotopic (exact) mass is 368 g/mol. The van der Waals surface area contributed by atoms with Gasteiger partial charge in [-0.3, -0.25) is 4.79 Å². The van der Waals surface area contributed by atoms with Crippen molar-refractivity contribution in [2.45, 2.75) is 19.1 Å². The molecule has 2 aliphatic heterocycles. The Balaban J connectivity index is 0.00000132. The van der Waals surface area contributed by atoms with Crippen molar-refractivity contribution < 1.29 is 18.0 Å². The molecular formula is C15H17Cl2F3N2O. The van der Waals surface area contributed by atoms with E-state index in [0.29, 0.717) is 30.8 Å². The quantitative estimate of drug-likeness (QED) is 0.819. The maximum Gasteiger partial charge on any atom is 0.417 e. The van der Waals surface area contributed by atoms with E-state index in [1.807, 2.05) is 0 Å². The average molecular weight is 369 g/mol. The summed E-state index contributed by atoms with van der Waals surface area (Å²) < 4.78 is 39.9. The van der Waals surface area contributed by atoms with Gasteiger partial charge in [0.2, 0.25) is 0 Å². The summed E-state index contributed by atoms with van der Waals surface area (Å²) in [4.78, 5) is 13.9. The summed E-state index contributed by atoms with van der Waals surface area (Å²) in [6.07, 6.45) is -1.21. The van der Waals surface area contributed by atoms with Gasteiger partial charge in [0.05, 0.1) is 17.2 Å². The topological polar surface area (TPSA) is 32.3 Å². The molecule has 0 aromatic heterocycles. The Morgan fingerprint density at radius 3 is 2.61 bits per heavy atom. The molecule has 0 spiro atoms. The highest BCUT2D eigenvalue weighted by Gasteiger charge is 2.45. The van der Waals surface area contributed by atoms with Gasteiger partial charge in [-0.2, -0.15) is 13.2 Å². The molecule has 1 aromatic carbocycles. The number of piperazine rings is 1. The zero-order valence-electron chi connectivity index (χ0n) is 12.3. The van der Waals surface area contributed by atoms with Crippen molar-refractivity contribution in [2.75, 3.05) is 19.6 Å². The number of nitrogens with one attached hydrogen (secondary N) is 1. The van der Waals surface area contributed by atoms with Crippen molar-refractivity contribution >= 4 is 36.8 Å². The number of rotatable bonds is 1. The van der Waals surface area contributed by atoms with E-state index in [4.69, 9.17) is 0 Å². The molecule has 0 aliphatic carbocycles. The predicted octanol–water partition coefficient (Wildman–Crippen LogP) is 3.68. The van der Waals surface area contributed by atoms with Gasteiger partial charge in [-0.1, -0.05) is 12.2 Å². The second-order valence-corrected chi connectivity index (χ2v) is 5.25. The second-order valence-electron chi connectivity index (χ2n) is 5.25. The fraction of sp³-hybridized carbons (Fsp3) is 0.400. The molecule has 0 saturated carbocycles. The van der Waals surface area contributed by atoms with Crippen molar-refractivity contribution in [3.63, 3.8) is 0 Å². The fourth-order valence-electron chi connectivity index (χ4n) is 3.07. The Morgan fingerprint density at radius 1 is 1.30 bits per heavy atom. The molecule has 0 bridgehead atoms. The number of alkyl halides is 3. The first-order valence-electron chi connectivity index (χ1n) is 6.83. The molecule has 1 aromatic rings. The lowest BCUT2D eigenvalue weighted by atomic mass is 9.95. The third kappa shape index (κ3) is 3.34. The number of allylic oxidation sites excluding steroid dienone is 1. The molecule has 1 atom stereocenters. The standard InChI is InChI=1S/C15H15F3N2O.2ClH/c1-2-3-9-6-10-12-8-19-4-5-20(12)14(21)13(10)11(7-9)15(16,17)18;;/h2-3,6-7,12,19H,4-5,8H2,1H3;2*1H/b3-2-;;/t12-;;/m0../s1. The lowest BCUT2D eigenvalue weighted by molar-refractivity contribution is -0.138. The van der Waals surface area contributed by atoms with Crippen molar-refractivity contribution in [3.05, 3.63) is 40.5 Å². The first kappa shape index (κ1) is 19.8. The summed E-state index contributed by atoms with van der Waals surface area (Å²) in [5.74, 6) is -0.504. The van der Waals surface area contributed by atoms with Crippen LogP contribution in [0.2, 0.25) is 0 Å². The second kappa shape index (κ2) is 7.11. The van der Waals surface area contributed by atoms with E-state index in [1.54, 1.807) is 25.1 Å². The Labute approximate surface area is 144 Å². The summed E-state index contributed by atoms with van der Waals surface area (Å²) >= 11 is 0. The molecule has 0 radical (unpaired) electrons. The summed E-state index contributed by atoms with van der Waals surface area (Å²) in [5.41, 5.74) is -0.0455. The molecule has 1 saturated heterocycles. The summed E-state index contributed by atoms with van der Waals surface area (Å²) in [7, 11) is 0. The van der Waals surface area contributed by atoms with Crippen LogP contribution < -0.4 is 5.32 Å². The molecule has 23 heavy (non-hydrogen) atoms. The Morgan fingerprint density at radius 2 is 2.00 bits per heavy atom. The van der Waals surface area contributed by atoms with Crippen LogP contribution in [0.15, 0.2) is 18.2 Å². The lowest BCUT2D eigenvalue weighted by Gasteiger charge is -2.30. The van der Waals surface area contributed by atoms with Crippen LogP contribution in [-0.2, 0) is 6.18 Å². The van der Waals surface area contributed by atoms with E-state index in [0.717, 1.165) is 6.07 Å². The maximum atomic E-state index is 13.3. The van der Waals surface area contributed by atoms with Gasteiger partial charge in [0, 0.05) is 19.6 Å². The lowest BCUT2D eigenvalue weighted by Crippen LogP contribution is -2.44. The third-order valence-corrected chi connectivity index (χ3v) is 3.93. The SMILES string of the molecule is C/C=C\c1cc2c(c(C(F)(F)F)c1)C(=O)N1CCNC[C@@H]21.Cl.Cl. The van der Waals surface area contributed by atoms with Crippen molar-refractivity contribution in [1.82, 2.24) is 10.2 Å². The zero-order valence-corrected chi connectivity index (χ0v) is 13.9. The van der Waals surface area contributed by atoms with Crippen LogP contribution in [0.5, 0.6) is 0 Å². The van der Waals surface area contributed by atoms with Crippen LogP contribution in [0.4, 0.5) is 13.2 Å². The number of carbonyl (C=O) groups excluding carboxylic acids is 1. The maximum absolute atomic E-state index is 13.3. The van der Waals surface area contributed by atoms with E-state index < -0.39 is 17.6 Å². The van der Waals surface area contributed by atoms with Gasteiger partial charge in [0.1, 0.15) is 0 Å². The van der Waals surface area contributed by atoms with Gasteiger partial charge in [-0.25, -0.2) is 0 Å². The zero-order chi connectivity index (χ0) is 15.2. The minimum absolute atomic E-state index is 0. The molecule has 1 amide bonds. The normalized spacial score (nSPS) is 19.9. The molecule has 128 valence electrons. The predicted molar refractivity (Wildman–Crippen MR) is 87.3 cm³/mol. The first-order chi connectivity index (χ1) is 9.93. The summed E-state index contributed by atoms with van der Waals surface area (Å²) in [5, 5.41) is 3.13. The van der Waals surface area contributed by atoms with Crippen molar-refractivity contribution in [3.8, 4) is 0 Å². The number of carbonyl (C=O) groups is 1. The highest BCUT2D eigenvalue weighted by Crippen LogP contribution is 2.42. The minimum atomic E-state index is -4.53. The van der Waals surface area contributed by atoms with Crippen LogP contribution in [-0.4, -0.2) is 30.4 Å². The largest absolute Gasteiger partial charge is 0.417 e. The number of nitrogens with zero attached hydrogens (tertiary/aromatic N) is 1. The molecular weight excluding hydrogens is 352 g/mol. The van der Waals surface area contributed by atoms with Crippen LogP contribution in [0.1, 0.15) is 40.0 Å². The minimum Gasteiger partial charge on any atom is -0.329 e. The average Bonchev–Trinajstić information content (AvgIpc) is 2.72. The van der Waals surface area contributed by atoms with E-state index in [9.17, 15) is 18.0 Å². The summed E-state index contributed by atoms with van der Waals surface area (Å²) in [6.45, 7) is 3.29. The van der Waals surface area contributed by atoms with Crippen LogP contribution in [0.3, 0.4) is 0 Å². The fourth-order valence-corrected chi connectivity index (χ4v) is 3.07. The summed E-state index contributed by atoms with van der Waals surface area (Å²) in [6, 6.07) is 2.45. The van der Waals surface area contributed by atoms with Crippen LogP contribution in [0.25, 0.3) is 6.08 Å². The van der Waals surface area contributed by atoms with Gasteiger partial charge >= 0.3 is 6.18 Å². The number of fused-ring (bicyclic) bond motifs is 3. The van der Waals surface area contributed by atoms with Crippen molar-refractivity contribution in [2.24, 2.45) is 0 Å². The molecule has 2 aliphatic rings. The van der Waals surface area contributed by atoms with Gasteiger partial charge in [0.25, 0.3) is 5.91 Å². The highest BCUT2D eigenvalue weighted by atomic mass is 35.5. The van der Waals surface area contributed by atoms with Gasteiger partial charge < -0.3 is 10.2 Å². The van der Waals surface area contributed by atoms with E-state index >= 15 is 0 Å². The smallest absolute Gasteiger partial charge is 0.329 e. The van der Waals surface area contributed by atoms with E-state index in [-0.39, 0.29) is 36.4 Å². The number of amides is 1. The molecule has 0 unspecified atom stereocenters. The Hall–Kier alpha value is -1.24. The Bertz CT molecular complexity index is 632. The number of benzene rings is 1. The van der Waals surface area contributed by atoms with Crippen LogP contribution >= 0.6 is 24.8 Å². The molecule has 3 nitrogen and oxygen atoms in total. The molecule has 3 rings (SSSR count). The van der Waals surface area contributed by atoms with Gasteiger partial charge in [-0.15, -0.1) is 24.8 Å². The van der Waals surface area contributed by atoms with Crippen molar-refractivity contribution in [1.29, 1.82) is 0 Å². The molecule has 1 N–H and O–H groups in total. The van der Waals surface area contributed by atoms with Gasteiger partial charge in [-0.05, 0) is 30.2 Å². The number of halogens is 5. The molecule has 1 fully saturated rings. The third-order valence-electron chi connectivity index (χ3n) is 3.93. The molecule has 8 heteroatoms. The van der Waals surface area contributed by atoms with E-state index in [1.165, 1.54) is 4.90 Å². The first-order valence-corrected chi connectivity index (χ1v) is 6.83. The van der Waals surface area contributed by atoms with Gasteiger partial charge in [0.15, 0.2) is 0 Å². The highest BCUT2D eigenvalue weighted by molar-refractivity contribution is 6.01. The molecule has 2 heterocycles. The number of hydrogen-bond acceptors (Lipinski definition) is 2. The van der Waals surface area contributed by atoms with E-state index in [2.05, 4.69) is 5.32 Å². The number of hydrogen-bond donors (Lipinski definition) is 1.